The monoisotopic (exact) mass is 324 g/mol. The molecule has 24 heavy (non-hydrogen) atoms. The van der Waals surface area contributed by atoms with Crippen molar-refractivity contribution in [3.05, 3.63) is 58.1 Å². The second-order valence-corrected chi connectivity index (χ2v) is 7.47. The standard InChI is InChI=1S/C23H32O/c1-7-8-19-20(15(2)3)13-21(16(4)5)22(14-24)23(19)18-11-9-17(6)10-12-18/h9-13,15-16,24H,7-8,14H2,1-6H3. The van der Waals surface area contributed by atoms with Crippen LogP contribution in [0.1, 0.15) is 80.7 Å². The van der Waals surface area contributed by atoms with Crippen LogP contribution in [-0.4, -0.2) is 5.11 Å². The molecular formula is C23H32O. The molecule has 1 N–H and O–H groups in total. The maximum Gasteiger partial charge on any atom is 0.0690 e. The van der Waals surface area contributed by atoms with Gasteiger partial charge in [0.05, 0.1) is 6.61 Å². The molecule has 0 saturated carbocycles. The Balaban J connectivity index is 2.86. The van der Waals surface area contributed by atoms with Gasteiger partial charge in [0.15, 0.2) is 0 Å². The zero-order valence-electron chi connectivity index (χ0n) is 16.1. The third-order valence-corrected chi connectivity index (χ3v) is 4.85. The summed E-state index contributed by atoms with van der Waals surface area (Å²) in [5.74, 6) is 0.894. The highest BCUT2D eigenvalue weighted by molar-refractivity contribution is 5.75. The molecule has 0 aliphatic carbocycles. The van der Waals surface area contributed by atoms with Crippen molar-refractivity contribution in [2.45, 2.75) is 72.8 Å². The van der Waals surface area contributed by atoms with Crippen LogP contribution in [0.15, 0.2) is 30.3 Å². The van der Waals surface area contributed by atoms with Crippen LogP contribution in [0.3, 0.4) is 0 Å². The fourth-order valence-corrected chi connectivity index (χ4v) is 3.60. The molecular weight excluding hydrogens is 292 g/mol. The lowest BCUT2D eigenvalue weighted by molar-refractivity contribution is 0.280. The Bertz CT molecular complexity index is 678. The van der Waals surface area contributed by atoms with E-state index in [4.69, 9.17) is 0 Å². The third-order valence-electron chi connectivity index (χ3n) is 4.85. The van der Waals surface area contributed by atoms with Crippen LogP contribution in [0.4, 0.5) is 0 Å². The third kappa shape index (κ3) is 3.72. The smallest absolute Gasteiger partial charge is 0.0690 e. The van der Waals surface area contributed by atoms with Gasteiger partial charge in [-0.3, -0.25) is 0 Å². The van der Waals surface area contributed by atoms with Crippen LogP contribution < -0.4 is 0 Å². The predicted octanol–water partition coefficient (Wildman–Crippen LogP) is 6.35. The van der Waals surface area contributed by atoms with Gasteiger partial charge >= 0.3 is 0 Å². The second-order valence-electron chi connectivity index (χ2n) is 7.47. The van der Waals surface area contributed by atoms with Crippen LogP contribution in [0.5, 0.6) is 0 Å². The van der Waals surface area contributed by atoms with Crippen molar-refractivity contribution in [3.8, 4) is 11.1 Å². The zero-order chi connectivity index (χ0) is 17.9. The van der Waals surface area contributed by atoms with Gasteiger partial charge in [-0.1, -0.05) is 76.9 Å². The van der Waals surface area contributed by atoms with E-state index in [2.05, 4.69) is 71.9 Å². The summed E-state index contributed by atoms with van der Waals surface area (Å²) in [5, 5.41) is 10.2. The van der Waals surface area contributed by atoms with E-state index < -0.39 is 0 Å². The first kappa shape index (κ1) is 18.7. The van der Waals surface area contributed by atoms with Crippen molar-refractivity contribution in [2.24, 2.45) is 0 Å². The SMILES string of the molecule is CCCc1c(C(C)C)cc(C(C)C)c(CO)c1-c1ccc(C)cc1. The van der Waals surface area contributed by atoms with Crippen molar-refractivity contribution >= 4 is 0 Å². The number of aliphatic hydroxyl groups excluding tert-OH is 1. The highest BCUT2D eigenvalue weighted by atomic mass is 16.3. The summed E-state index contributed by atoms with van der Waals surface area (Å²) in [4.78, 5) is 0. The quantitative estimate of drug-likeness (QED) is 0.656. The molecule has 0 aliphatic heterocycles. The van der Waals surface area contributed by atoms with Crippen LogP contribution in [0.25, 0.3) is 11.1 Å². The molecule has 130 valence electrons. The normalized spacial score (nSPS) is 11.5. The molecule has 0 atom stereocenters. The van der Waals surface area contributed by atoms with E-state index in [1.807, 2.05) is 0 Å². The van der Waals surface area contributed by atoms with Crippen molar-refractivity contribution < 1.29 is 5.11 Å². The Hall–Kier alpha value is -1.60. The largest absolute Gasteiger partial charge is 0.392 e. The van der Waals surface area contributed by atoms with E-state index in [1.54, 1.807) is 0 Å². The Labute approximate surface area is 147 Å². The lowest BCUT2D eigenvalue weighted by atomic mass is 9.80. The van der Waals surface area contributed by atoms with Gasteiger partial charge in [-0.05, 0) is 58.6 Å². The van der Waals surface area contributed by atoms with Gasteiger partial charge in [-0.2, -0.15) is 0 Å². The number of aryl methyl sites for hydroxylation is 1. The molecule has 2 aromatic rings. The van der Waals surface area contributed by atoms with E-state index in [1.165, 1.54) is 33.4 Å². The van der Waals surface area contributed by atoms with E-state index in [0.29, 0.717) is 11.8 Å². The number of hydrogen-bond donors (Lipinski definition) is 1. The zero-order valence-corrected chi connectivity index (χ0v) is 16.1. The minimum atomic E-state index is 0.103. The van der Waals surface area contributed by atoms with Crippen LogP contribution in [0.2, 0.25) is 0 Å². The predicted molar refractivity (Wildman–Crippen MR) is 105 cm³/mol. The minimum Gasteiger partial charge on any atom is -0.392 e. The molecule has 0 bridgehead atoms. The maximum absolute atomic E-state index is 10.2. The number of hydrogen-bond acceptors (Lipinski definition) is 1. The molecule has 0 spiro atoms. The van der Waals surface area contributed by atoms with Crippen LogP contribution >= 0.6 is 0 Å². The molecule has 0 aromatic heterocycles. The topological polar surface area (TPSA) is 20.2 Å². The molecule has 1 nitrogen and oxygen atoms in total. The molecule has 0 heterocycles. The van der Waals surface area contributed by atoms with E-state index in [0.717, 1.165) is 18.4 Å². The van der Waals surface area contributed by atoms with E-state index in [-0.39, 0.29) is 6.61 Å². The molecule has 0 saturated heterocycles. The second kappa shape index (κ2) is 7.98. The van der Waals surface area contributed by atoms with E-state index in [9.17, 15) is 5.11 Å². The fraction of sp³-hybridized carbons (Fsp3) is 0.478. The van der Waals surface area contributed by atoms with Gasteiger partial charge in [-0.25, -0.2) is 0 Å². The molecule has 0 amide bonds. The van der Waals surface area contributed by atoms with Gasteiger partial charge < -0.3 is 5.11 Å². The molecule has 2 rings (SSSR count). The number of rotatable bonds is 6. The molecule has 2 aromatic carbocycles. The van der Waals surface area contributed by atoms with Gasteiger partial charge in [0, 0.05) is 0 Å². The lowest BCUT2D eigenvalue weighted by Gasteiger charge is -2.25. The van der Waals surface area contributed by atoms with Crippen LogP contribution in [0, 0.1) is 6.92 Å². The summed E-state index contributed by atoms with van der Waals surface area (Å²) in [6.45, 7) is 13.4. The van der Waals surface area contributed by atoms with E-state index >= 15 is 0 Å². The summed E-state index contributed by atoms with van der Waals surface area (Å²) in [6, 6.07) is 11.1. The average Bonchev–Trinajstić information content (AvgIpc) is 2.54. The average molecular weight is 325 g/mol. The molecule has 1 heteroatoms. The Morgan fingerprint density at radius 1 is 0.875 bits per heavy atom. The Morgan fingerprint density at radius 3 is 1.88 bits per heavy atom. The van der Waals surface area contributed by atoms with Crippen LogP contribution in [-0.2, 0) is 13.0 Å². The lowest BCUT2D eigenvalue weighted by Crippen LogP contribution is -2.08. The van der Waals surface area contributed by atoms with Gasteiger partial charge in [0.2, 0.25) is 0 Å². The van der Waals surface area contributed by atoms with Crippen molar-refractivity contribution in [1.82, 2.24) is 0 Å². The minimum absolute atomic E-state index is 0.103. The summed E-state index contributed by atoms with van der Waals surface area (Å²) in [6.07, 6.45) is 2.17. The summed E-state index contributed by atoms with van der Waals surface area (Å²) >= 11 is 0. The molecule has 0 unspecified atom stereocenters. The van der Waals surface area contributed by atoms with Crippen molar-refractivity contribution in [1.29, 1.82) is 0 Å². The summed E-state index contributed by atoms with van der Waals surface area (Å²) < 4.78 is 0. The molecule has 0 aliphatic rings. The van der Waals surface area contributed by atoms with Gasteiger partial charge in [0.25, 0.3) is 0 Å². The molecule has 0 radical (unpaired) electrons. The summed E-state index contributed by atoms with van der Waals surface area (Å²) in [7, 11) is 0. The first-order chi connectivity index (χ1) is 11.4. The Morgan fingerprint density at radius 2 is 1.42 bits per heavy atom. The highest BCUT2D eigenvalue weighted by Gasteiger charge is 2.21. The number of benzene rings is 2. The Kier molecular flexibility index (Phi) is 6.23. The maximum atomic E-state index is 10.2. The highest BCUT2D eigenvalue weighted by Crippen LogP contribution is 2.39. The molecule has 0 fully saturated rings. The van der Waals surface area contributed by atoms with Crippen molar-refractivity contribution in [2.75, 3.05) is 0 Å². The summed E-state index contributed by atoms with van der Waals surface area (Å²) in [5.41, 5.74) is 9.04. The first-order valence-electron chi connectivity index (χ1n) is 9.27. The fourth-order valence-electron chi connectivity index (χ4n) is 3.60. The number of aliphatic hydroxyl groups is 1. The van der Waals surface area contributed by atoms with Gasteiger partial charge in [-0.15, -0.1) is 0 Å². The van der Waals surface area contributed by atoms with Gasteiger partial charge in [0.1, 0.15) is 0 Å². The first-order valence-corrected chi connectivity index (χ1v) is 9.27. The van der Waals surface area contributed by atoms with Crippen molar-refractivity contribution in [3.63, 3.8) is 0 Å².